The molecule has 0 aliphatic carbocycles. The van der Waals surface area contributed by atoms with Crippen molar-refractivity contribution in [3.63, 3.8) is 0 Å². The summed E-state index contributed by atoms with van der Waals surface area (Å²) in [7, 11) is 1.64. The third-order valence-corrected chi connectivity index (χ3v) is 4.65. The van der Waals surface area contributed by atoms with Crippen LogP contribution >= 0.6 is 0 Å². The van der Waals surface area contributed by atoms with Crippen molar-refractivity contribution in [1.29, 1.82) is 0 Å². The molecule has 0 aliphatic rings. The van der Waals surface area contributed by atoms with Crippen molar-refractivity contribution in [2.24, 2.45) is 0 Å². The number of benzene rings is 1. The molecule has 0 aliphatic heterocycles. The van der Waals surface area contributed by atoms with Gasteiger partial charge in [0, 0.05) is 36.2 Å². The third kappa shape index (κ3) is 4.63. The van der Waals surface area contributed by atoms with E-state index in [2.05, 4.69) is 4.98 Å². The van der Waals surface area contributed by atoms with E-state index >= 15 is 0 Å². The standard InChI is InChI=1S/C22H24N2O5/c1-14-11-17(16(3)24(14)15(2)12-27-4)19(25)13-28-22(26)10-9-21-23-18-7-5-6-8-20(18)29-21/h5-11,15H,12-13H2,1-4H3/b10-9+/t15-/m1/s1. The predicted octanol–water partition coefficient (Wildman–Crippen LogP) is 3.89. The molecule has 3 rings (SSSR count). The van der Waals surface area contributed by atoms with Crippen molar-refractivity contribution in [3.05, 3.63) is 59.2 Å². The number of rotatable bonds is 8. The quantitative estimate of drug-likeness (QED) is 0.326. The van der Waals surface area contributed by atoms with Crippen LogP contribution in [0.1, 0.15) is 40.6 Å². The van der Waals surface area contributed by atoms with Gasteiger partial charge in [-0.2, -0.15) is 0 Å². The monoisotopic (exact) mass is 396 g/mol. The van der Waals surface area contributed by atoms with E-state index in [1.807, 2.05) is 49.6 Å². The van der Waals surface area contributed by atoms with E-state index in [1.54, 1.807) is 13.2 Å². The van der Waals surface area contributed by atoms with E-state index in [1.165, 1.54) is 12.2 Å². The van der Waals surface area contributed by atoms with Gasteiger partial charge >= 0.3 is 5.97 Å². The number of ketones is 1. The highest BCUT2D eigenvalue weighted by molar-refractivity contribution is 6.00. The molecule has 0 unspecified atom stereocenters. The van der Waals surface area contributed by atoms with Crippen LogP contribution in [-0.4, -0.2) is 41.6 Å². The number of nitrogens with zero attached hydrogens (tertiary/aromatic N) is 2. The summed E-state index contributed by atoms with van der Waals surface area (Å²) in [4.78, 5) is 28.7. The molecule has 1 atom stereocenters. The zero-order valence-corrected chi connectivity index (χ0v) is 17.0. The van der Waals surface area contributed by atoms with Crippen LogP contribution in [0.25, 0.3) is 17.2 Å². The van der Waals surface area contributed by atoms with Gasteiger partial charge in [-0.3, -0.25) is 4.79 Å². The van der Waals surface area contributed by atoms with Crippen molar-refractivity contribution in [2.45, 2.75) is 26.8 Å². The number of para-hydroxylation sites is 2. The van der Waals surface area contributed by atoms with Crippen molar-refractivity contribution < 1.29 is 23.5 Å². The van der Waals surface area contributed by atoms with Gasteiger partial charge in [0.1, 0.15) is 5.52 Å². The van der Waals surface area contributed by atoms with E-state index in [-0.39, 0.29) is 18.4 Å². The highest BCUT2D eigenvalue weighted by Crippen LogP contribution is 2.21. The minimum Gasteiger partial charge on any atom is -0.454 e. The molecule has 152 valence electrons. The van der Waals surface area contributed by atoms with Crippen LogP contribution in [0.4, 0.5) is 0 Å². The van der Waals surface area contributed by atoms with Crippen LogP contribution in [0.3, 0.4) is 0 Å². The number of methoxy groups -OCH3 is 1. The van der Waals surface area contributed by atoms with E-state index < -0.39 is 5.97 Å². The Balaban J connectivity index is 1.61. The number of oxazole rings is 1. The number of aromatic nitrogens is 2. The summed E-state index contributed by atoms with van der Waals surface area (Å²) in [6.07, 6.45) is 2.62. The fraction of sp³-hybridized carbons (Fsp3) is 0.318. The molecule has 7 heteroatoms. The molecule has 0 amide bonds. The summed E-state index contributed by atoms with van der Waals surface area (Å²) in [5, 5.41) is 0. The molecular weight excluding hydrogens is 372 g/mol. The molecule has 1 aromatic carbocycles. The Kier molecular flexibility index (Phi) is 6.29. The lowest BCUT2D eigenvalue weighted by atomic mass is 10.1. The van der Waals surface area contributed by atoms with Gasteiger partial charge in [0.05, 0.1) is 12.6 Å². The summed E-state index contributed by atoms with van der Waals surface area (Å²) in [6.45, 7) is 6.04. The predicted molar refractivity (Wildman–Crippen MR) is 109 cm³/mol. The van der Waals surface area contributed by atoms with E-state index in [0.29, 0.717) is 29.2 Å². The Hall–Kier alpha value is -3.19. The molecule has 0 fully saturated rings. The molecular formula is C22H24N2O5. The van der Waals surface area contributed by atoms with Crippen LogP contribution < -0.4 is 0 Å². The van der Waals surface area contributed by atoms with Gasteiger partial charge in [0.25, 0.3) is 0 Å². The summed E-state index contributed by atoms with van der Waals surface area (Å²) in [5.41, 5.74) is 3.66. The average molecular weight is 396 g/mol. The zero-order chi connectivity index (χ0) is 21.0. The first-order valence-corrected chi connectivity index (χ1v) is 9.31. The number of esters is 1. The minimum atomic E-state index is -0.637. The van der Waals surface area contributed by atoms with Crippen molar-refractivity contribution >= 4 is 28.9 Å². The Morgan fingerprint density at radius 3 is 2.76 bits per heavy atom. The third-order valence-electron chi connectivity index (χ3n) is 4.65. The van der Waals surface area contributed by atoms with Crippen LogP contribution in [0.15, 0.2) is 40.8 Å². The lowest BCUT2D eigenvalue weighted by molar-refractivity contribution is -0.136. The molecule has 29 heavy (non-hydrogen) atoms. The Labute approximate surface area is 168 Å². The number of carbonyl (C=O) groups is 2. The van der Waals surface area contributed by atoms with Gasteiger partial charge in [-0.1, -0.05) is 12.1 Å². The van der Waals surface area contributed by atoms with Gasteiger partial charge in [-0.25, -0.2) is 9.78 Å². The maximum atomic E-state index is 12.5. The van der Waals surface area contributed by atoms with Gasteiger partial charge in [0.15, 0.2) is 12.2 Å². The first-order valence-electron chi connectivity index (χ1n) is 9.31. The molecule has 0 saturated carbocycles. The summed E-state index contributed by atoms with van der Waals surface area (Å²) < 4.78 is 17.8. The smallest absolute Gasteiger partial charge is 0.331 e. The number of hydrogen-bond acceptors (Lipinski definition) is 6. The number of carbonyl (C=O) groups excluding carboxylic acids is 2. The zero-order valence-electron chi connectivity index (χ0n) is 17.0. The summed E-state index contributed by atoms with van der Waals surface area (Å²) >= 11 is 0. The summed E-state index contributed by atoms with van der Waals surface area (Å²) in [5.74, 6) is -0.593. The fourth-order valence-electron chi connectivity index (χ4n) is 3.42. The molecule has 7 nitrogen and oxygen atoms in total. The number of ether oxygens (including phenoxy) is 2. The number of fused-ring (bicyclic) bond motifs is 1. The molecule has 3 aromatic rings. The molecule has 2 aromatic heterocycles. The second-order valence-corrected chi connectivity index (χ2v) is 6.84. The number of Topliss-reactive ketones (excluding diaryl/α,β-unsaturated/α-hetero) is 1. The van der Waals surface area contributed by atoms with Crippen molar-refractivity contribution in [2.75, 3.05) is 20.3 Å². The van der Waals surface area contributed by atoms with Crippen LogP contribution in [0.2, 0.25) is 0 Å². The van der Waals surface area contributed by atoms with Crippen LogP contribution in [0, 0.1) is 13.8 Å². The normalized spacial score (nSPS) is 12.6. The summed E-state index contributed by atoms with van der Waals surface area (Å²) in [6, 6.07) is 9.21. The lowest BCUT2D eigenvalue weighted by Gasteiger charge is -2.17. The Bertz CT molecular complexity index is 1030. The number of aryl methyl sites for hydroxylation is 1. The molecule has 0 spiro atoms. The maximum absolute atomic E-state index is 12.5. The largest absolute Gasteiger partial charge is 0.454 e. The molecule has 2 heterocycles. The molecule has 0 N–H and O–H groups in total. The minimum absolute atomic E-state index is 0.100. The molecule has 0 radical (unpaired) electrons. The van der Waals surface area contributed by atoms with Crippen LogP contribution in [-0.2, 0) is 14.3 Å². The van der Waals surface area contributed by atoms with Crippen molar-refractivity contribution in [1.82, 2.24) is 9.55 Å². The fourth-order valence-corrected chi connectivity index (χ4v) is 3.42. The van der Waals surface area contributed by atoms with E-state index in [9.17, 15) is 9.59 Å². The van der Waals surface area contributed by atoms with Crippen LogP contribution in [0.5, 0.6) is 0 Å². The second kappa shape index (κ2) is 8.87. The lowest BCUT2D eigenvalue weighted by Crippen LogP contribution is -2.16. The van der Waals surface area contributed by atoms with E-state index in [0.717, 1.165) is 11.4 Å². The average Bonchev–Trinajstić information content (AvgIpc) is 3.24. The highest BCUT2D eigenvalue weighted by atomic mass is 16.5. The second-order valence-electron chi connectivity index (χ2n) is 6.84. The van der Waals surface area contributed by atoms with E-state index in [4.69, 9.17) is 13.9 Å². The molecule has 0 bridgehead atoms. The van der Waals surface area contributed by atoms with Crippen molar-refractivity contribution in [3.8, 4) is 0 Å². The van der Waals surface area contributed by atoms with Gasteiger partial charge in [0.2, 0.25) is 11.7 Å². The van der Waals surface area contributed by atoms with Gasteiger partial charge < -0.3 is 18.5 Å². The number of hydrogen-bond donors (Lipinski definition) is 0. The Morgan fingerprint density at radius 1 is 1.28 bits per heavy atom. The highest BCUT2D eigenvalue weighted by Gasteiger charge is 2.19. The SMILES string of the molecule is COC[C@@H](C)n1c(C)cc(C(=O)COC(=O)/C=C/c2nc3ccccc3o2)c1C. The first-order chi connectivity index (χ1) is 13.9. The van der Waals surface area contributed by atoms with Gasteiger partial charge in [-0.05, 0) is 39.0 Å². The first kappa shape index (κ1) is 20.5. The van der Waals surface area contributed by atoms with Gasteiger partial charge in [-0.15, -0.1) is 0 Å². The Morgan fingerprint density at radius 2 is 2.03 bits per heavy atom. The molecule has 0 saturated heterocycles. The topological polar surface area (TPSA) is 83.6 Å². The maximum Gasteiger partial charge on any atom is 0.331 e.